The molecule has 0 unspecified atom stereocenters. The topological polar surface area (TPSA) is 62.5 Å². The number of halogens is 1. The number of nitrogens with zero attached hydrogens (tertiary/aromatic N) is 4. The third-order valence-electron chi connectivity index (χ3n) is 5.21. The number of hydrogen-bond donors (Lipinski definition) is 0. The molecule has 8 heteroatoms. The fourth-order valence-corrected chi connectivity index (χ4v) is 4.83. The fourth-order valence-electron chi connectivity index (χ4n) is 3.62. The van der Waals surface area contributed by atoms with E-state index in [0.717, 1.165) is 54.1 Å². The van der Waals surface area contributed by atoms with E-state index in [4.69, 9.17) is 16.0 Å². The second-order valence-corrected chi connectivity index (χ2v) is 8.42. The number of alkyl halides is 1. The Labute approximate surface area is 176 Å². The first-order valence-electron chi connectivity index (χ1n) is 9.55. The minimum atomic E-state index is -0.409. The molecule has 0 saturated carbocycles. The minimum absolute atomic E-state index is 0.362. The summed E-state index contributed by atoms with van der Waals surface area (Å²) in [5.41, 5.74) is 1.31. The van der Waals surface area contributed by atoms with Crippen molar-refractivity contribution in [1.82, 2.24) is 14.9 Å². The molecule has 0 aliphatic carbocycles. The Hall–Kier alpha value is -2.48. The lowest BCUT2D eigenvalue weighted by atomic mass is 10.2. The second-order valence-electron chi connectivity index (χ2n) is 7.02. The molecular weight excluding hydrogens is 408 g/mol. The smallest absolute Gasteiger partial charge is 0.347 e. The minimum Gasteiger partial charge on any atom is -0.403 e. The van der Waals surface area contributed by atoms with Gasteiger partial charge in [0, 0.05) is 44.0 Å². The number of hydrogen-bond acceptors (Lipinski definition) is 7. The van der Waals surface area contributed by atoms with E-state index < -0.39 is 5.63 Å². The summed E-state index contributed by atoms with van der Waals surface area (Å²) in [6.07, 6.45) is 0. The van der Waals surface area contributed by atoms with Crippen LogP contribution in [0.25, 0.3) is 31.9 Å². The number of fused-ring (bicyclic) bond motifs is 2. The van der Waals surface area contributed by atoms with E-state index in [1.165, 1.54) is 11.3 Å². The molecular formula is C21H19ClN4O2S. The molecule has 1 fully saturated rings. The van der Waals surface area contributed by atoms with Crippen molar-refractivity contribution in [3.63, 3.8) is 0 Å². The van der Waals surface area contributed by atoms with Crippen molar-refractivity contribution in [1.29, 1.82) is 0 Å². The molecule has 3 aromatic heterocycles. The van der Waals surface area contributed by atoms with Crippen LogP contribution < -0.4 is 10.5 Å². The van der Waals surface area contributed by atoms with Crippen molar-refractivity contribution in [3.8, 4) is 10.6 Å². The first-order chi connectivity index (χ1) is 14.2. The molecule has 0 N–H and O–H groups in total. The maximum atomic E-state index is 12.6. The first-order valence-corrected chi connectivity index (χ1v) is 10.9. The van der Waals surface area contributed by atoms with Crippen LogP contribution in [0.5, 0.6) is 0 Å². The molecule has 0 atom stereocenters. The lowest BCUT2D eigenvalue weighted by molar-refractivity contribution is 0.272. The third-order valence-corrected chi connectivity index (χ3v) is 6.44. The van der Waals surface area contributed by atoms with E-state index in [1.807, 2.05) is 42.5 Å². The number of para-hydroxylation sites is 1. The maximum absolute atomic E-state index is 12.6. The van der Waals surface area contributed by atoms with E-state index in [1.54, 1.807) is 0 Å². The van der Waals surface area contributed by atoms with Crippen LogP contribution in [0.3, 0.4) is 0 Å². The zero-order chi connectivity index (χ0) is 19.8. The predicted octanol–water partition coefficient (Wildman–Crippen LogP) is 3.83. The van der Waals surface area contributed by atoms with Gasteiger partial charge in [-0.05, 0) is 30.3 Å². The van der Waals surface area contributed by atoms with Crippen molar-refractivity contribution in [2.45, 2.75) is 0 Å². The molecule has 0 radical (unpaired) electrons. The molecule has 148 valence electrons. The van der Waals surface area contributed by atoms with Crippen LogP contribution in [-0.2, 0) is 0 Å². The van der Waals surface area contributed by atoms with Crippen LogP contribution in [0.2, 0.25) is 0 Å². The largest absolute Gasteiger partial charge is 0.403 e. The van der Waals surface area contributed by atoms with Gasteiger partial charge in [0.25, 0.3) is 0 Å². The first kappa shape index (κ1) is 18.5. The number of rotatable bonds is 4. The predicted molar refractivity (Wildman–Crippen MR) is 118 cm³/mol. The molecule has 0 amide bonds. The zero-order valence-corrected chi connectivity index (χ0v) is 17.2. The Bertz CT molecular complexity index is 1200. The summed E-state index contributed by atoms with van der Waals surface area (Å²) in [6.45, 7) is 4.57. The van der Waals surface area contributed by atoms with E-state index in [-0.39, 0.29) is 0 Å². The van der Waals surface area contributed by atoms with E-state index in [0.29, 0.717) is 22.2 Å². The molecule has 6 nitrogen and oxygen atoms in total. The van der Waals surface area contributed by atoms with Gasteiger partial charge in [0.15, 0.2) is 0 Å². The number of aromatic nitrogens is 2. The summed E-state index contributed by atoms with van der Waals surface area (Å²) in [5.74, 6) is 1.48. The highest BCUT2D eigenvalue weighted by Gasteiger charge is 2.19. The van der Waals surface area contributed by atoms with Gasteiger partial charge in [0.1, 0.15) is 10.8 Å². The lowest BCUT2D eigenvalue weighted by Crippen LogP contribution is -2.47. The van der Waals surface area contributed by atoms with Gasteiger partial charge in [-0.2, -0.15) is 4.98 Å². The van der Waals surface area contributed by atoms with E-state index in [2.05, 4.69) is 19.8 Å². The third kappa shape index (κ3) is 3.61. The number of anilines is 1. The Morgan fingerprint density at radius 2 is 1.90 bits per heavy atom. The highest BCUT2D eigenvalue weighted by atomic mass is 35.5. The maximum Gasteiger partial charge on any atom is 0.347 e. The molecule has 1 aromatic carbocycles. The van der Waals surface area contributed by atoms with E-state index in [9.17, 15) is 4.79 Å². The van der Waals surface area contributed by atoms with Crippen LogP contribution in [0.15, 0.2) is 51.7 Å². The summed E-state index contributed by atoms with van der Waals surface area (Å²) >= 11 is 7.32. The molecule has 1 aliphatic heterocycles. The summed E-state index contributed by atoms with van der Waals surface area (Å²) in [5, 5.41) is 1.46. The van der Waals surface area contributed by atoms with Gasteiger partial charge in [-0.1, -0.05) is 12.1 Å². The summed E-state index contributed by atoms with van der Waals surface area (Å²) in [7, 11) is 0. The van der Waals surface area contributed by atoms with Crippen LogP contribution in [0.4, 0.5) is 5.82 Å². The van der Waals surface area contributed by atoms with Crippen molar-refractivity contribution in [3.05, 3.63) is 52.9 Å². The average molecular weight is 427 g/mol. The molecule has 0 spiro atoms. The van der Waals surface area contributed by atoms with Crippen LogP contribution in [-0.4, -0.2) is 53.5 Å². The number of benzene rings is 1. The van der Waals surface area contributed by atoms with Gasteiger partial charge >= 0.3 is 5.63 Å². The van der Waals surface area contributed by atoms with Crippen molar-refractivity contribution in [2.75, 3.05) is 43.5 Å². The highest BCUT2D eigenvalue weighted by molar-refractivity contribution is 7.21. The zero-order valence-electron chi connectivity index (χ0n) is 15.7. The molecule has 1 saturated heterocycles. The van der Waals surface area contributed by atoms with Crippen molar-refractivity contribution < 1.29 is 4.42 Å². The number of thiazole rings is 1. The van der Waals surface area contributed by atoms with Gasteiger partial charge in [0.2, 0.25) is 5.71 Å². The average Bonchev–Trinajstić information content (AvgIpc) is 3.17. The fraction of sp³-hybridized carbons (Fsp3) is 0.286. The van der Waals surface area contributed by atoms with Crippen LogP contribution in [0, 0.1) is 0 Å². The monoisotopic (exact) mass is 426 g/mol. The van der Waals surface area contributed by atoms with Crippen LogP contribution in [0.1, 0.15) is 0 Å². The molecule has 4 heterocycles. The van der Waals surface area contributed by atoms with Crippen molar-refractivity contribution in [2.24, 2.45) is 0 Å². The van der Waals surface area contributed by atoms with Gasteiger partial charge in [-0.25, -0.2) is 9.78 Å². The summed E-state index contributed by atoms with van der Waals surface area (Å²) < 4.78 is 6.63. The van der Waals surface area contributed by atoms with Gasteiger partial charge < -0.3 is 9.32 Å². The van der Waals surface area contributed by atoms with Crippen LogP contribution >= 0.6 is 22.9 Å². The molecule has 29 heavy (non-hydrogen) atoms. The summed E-state index contributed by atoms with van der Waals surface area (Å²) in [4.78, 5) is 26.4. The molecule has 4 aromatic rings. The Kier molecular flexibility index (Phi) is 4.95. The SMILES string of the molecule is O=c1oc2nc(N3CCN(CCCl)CC3)ccc2cc1-c1nc2ccccc2s1. The second kappa shape index (κ2) is 7.74. The van der Waals surface area contributed by atoms with Gasteiger partial charge in [0.05, 0.1) is 15.8 Å². The Morgan fingerprint density at radius 1 is 1.07 bits per heavy atom. The lowest BCUT2D eigenvalue weighted by Gasteiger charge is -2.35. The normalized spacial score (nSPS) is 15.4. The van der Waals surface area contributed by atoms with Gasteiger partial charge in [-0.15, -0.1) is 22.9 Å². The standard InChI is InChI=1S/C21H19ClN4O2S/c22-7-8-25-9-11-26(12-10-25)18-6-5-14-13-15(21(27)28-19(14)24-18)20-23-16-3-1-2-4-17(16)29-20/h1-6,13H,7-12H2. The van der Waals surface area contributed by atoms with Crippen molar-refractivity contribution >= 4 is 50.1 Å². The summed E-state index contributed by atoms with van der Waals surface area (Å²) in [6, 6.07) is 13.6. The number of piperazine rings is 1. The quantitative estimate of drug-likeness (QED) is 0.462. The molecule has 0 bridgehead atoms. The Morgan fingerprint density at radius 3 is 2.69 bits per heavy atom. The molecule has 5 rings (SSSR count). The highest BCUT2D eigenvalue weighted by Crippen LogP contribution is 2.30. The molecule has 1 aliphatic rings. The van der Waals surface area contributed by atoms with Gasteiger partial charge in [-0.3, -0.25) is 4.90 Å². The van der Waals surface area contributed by atoms with E-state index >= 15 is 0 Å². The Balaban J connectivity index is 1.46. The number of pyridine rings is 1.